The average Bonchev–Trinajstić information content (AvgIpc) is 2.81. The lowest BCUT2D eigenvalue weighted by molar-refractivity contribution is 0.765. The van der Waals surface area contributed by atoms with Gasteiger partial charge in [-0.15, -0.1) is 0 Å². The minimum Gasteiger partial charge on any atom is -0.398 e. The third-order valence-electron chi connectivity index (χ3n) is 2.96. The zero-order valence-electron chi connectivity index (χ0n) is 9.76. The van der Waals surface area contributed by atoms with E-state index in [2.05, 4.69) is 30.9 Å². The normalized spacial score (nSPS) is 16.9. The van der Waals surface area contributed by atoms with E-state index in [1.165, 1.54) is 0 Å². The van der Waals surface area contributed by atoms with Crippen molar-refractivity contribution in [3.63, 3.8) is 0 Å². The molecule has 90 valence electrons. The Balaban J connectivity index is 2.20. The lowest BCUT2D eigenvalue weighted by atomic mass is 10.2. The van der Waals surface area contributed by atoms with Crippen molar-refractivity contribution in [3.05, 3.63) is 56.9 Å². The predicted molar refractivity (Wildman–Crippen MR) is 72.6 cm³/mol. The van der Waals surface area contributed by atoms with E-state index in [-0.39, 0.29) is 6.17 Å². The van der Waals surface area contributed by atoms with Gasteiger partial charge in [0.1, 0.15) is 5.36 Å². The highest BCUT2D eigenvalue weighted by atomic mass is 79.9. The molecular weight excluding hydrogens is 292 g/mol. The molecule has 2 N–H and O–H groups in total. The van der Waals surface area contributed by atoms with E-state index in [4.69, 9.17) is 5.73 Å². The molecular formula is C13H11BrN4. The summed E-state index contributed by atoms with van der Waals surface area (Å²) in [5.74, 6) is 0. The second-order valence-electron chi connectivity index (χ2n) is 4.21. The minimum absolute atomic E-state index is 0.216. The van der Waals surface area contributed by atoms with Gasteiger partial charge >= 0.3 is 0 Å². The van der Waals surface area contributed by atoms with E-state index >= 15 is 0 Å². The van der Waals surface area contributed by atoms with Gasteiger partial charge < -0.3 is 5.73 Å². The molecule has 1 aliphatic rings. The molecule has 1 aromatic heterocycles. The van der Waals surface area contributed by atoms with Crippen molar-refractivity contribution in [3.8, 4) is 0 Å². The van der Waals surface area contributed by atoms with Crippen LogP contribution >= 0.6 is 15.9 Å². The molecule has 18 heavy (non-hydrogen) atoms. The van der Waals surface area contributed by atoms with Crippen molar-refractivity contribution in [2.24, 2.45) is 9.98 Å². The van der Waals surface area contributed by atoms with Crippen molar-refractivity contribution in [2.45, 2.75) is 13.1 Å². The quantitative estimate of drug-likeness (QED) is 0.815. The van der Waals surface area contributed by atoms with Crippen molar-refractivity contribution in [1.29, 1.82) is 0 Å². The molecule has 0 spiro atoms. The number of anilines is 1. The van der Waals surface area contributed by atoms with Crippen LogP contribution in [0.2, 0.25) is 0 Å². The molecule has 3 rings (SSSR count). The van der Waals surface area contributed by atoms with Gasteiger partial charge in [-0.25, -0.2) is 0 Å². The van der Waals surface area contributed by atoms with Crippen LogP contribution in [0, 0.1) is 6.92 Å². The molecule has 1 aliphatic heterocycles. The van der Waals surface area contributed by atoms with Crippen molar-refractivity contribution >= 4 is 21.6 Å². The SMILES string of the molecule is Cc1cc2c(c(Br)c1N)=N[C@@H](c1cccnc1)N=2. The predicted octanol–water partition coefficient (Wildman–Crippen LogP) is 1.69. The van der Waals surface area contributed by atoms with E-state index in [1.807, 2.05) is 25.1 Å². The van der Waals surface area contributed by atoms with Gasteiger partial charge in [-0.1, -0.05) is 6.07 Å². The van der Waals surface area contributed by atoms with Crippen LogP contribution < -0.4 is 16.4 Å². The van der Waals surface area contributed by atoms with Crippen LogP contribution in [0.3, 0.4) is 0 Å². The van der Waals surface area contributed by atoms with E-state index in [0.29, 0.717) is 0 Å². The van der Waals surface area contributed by atoms with Gasteiger partial charge in [0, 0.05) is 18.0 Å². The first-order valence-corrected chi connectivity index (χ1v) is 6.36. The molecule has 5 heteroatoms. The Labute approximate surface area is 112 Å². The molecule has 0 bridgehead atoms. The Morgan fingerprint density at radius 1 is 1.33 bits per heavy atom. The highest BCUT2D eigenvalue weighted by Gasteiger charge is 2.16. The Hall–Kier alpha value is -1.75. The Morgan fingerprint density at radius 3 is 2.89 bits per heavy atom. The topological polar surface area (TPSA) is 63.6 Å². The highest BCUT2D eigenvalue weighted by Crippen LogP contribution is 2.22. The van der Waals surface area contributed by atoms with Gasteiger partial charge in [-0.05, 0) is 40.5 Å². The first kappa shape index (κ1) is 11.3. The molecule has 0 saturated heterocycles. The van der Waals surface area contributed by atoms with Crippen molar-refractivity contribution in [2.75, 3.05) is 5.73 Å². The standard InChI is InChI=1S/C13H11BrN4/c1-7-5-9-12(10(14)11(7)15)18-13(17-9)8-3-2-4-16-6-8/h2-6,13H,15H2,1H3/t13-/m0/s1. The first-order valence-electron chi connectivity index (χ1n) is 5.57. The molecule has 0 saturated carbocycles. The Morgan fingerprint density at radius 2 is 2.17 bits per heavy atom. The molecule has 0 amide bonds. The smallest absolute Gasteiger partial charge is 0.168 e. The summed E-state index contributed by atoms with van der Waals surface area (Å²) in [5, 5.41) is 1.70. The maximum atomic E-state index is 5.98. The molecule has 1 aromatic carbocycles. The van der Waals surface area contributed by atoms with Gasteiger partial charge in [0.15, 0.2) is 6.17 Å². The summed E-state index contributed by atoms with van der Waals surface area (Å²) in [5.41, 5.74) is 8.69. The third kappa shape index (κ3) is 1.71. The van der Waals surface area contributed by atoms with Gasteiger partial charge in [0.05, 0.1) is 15.5 Å². The van der Waals surface area contributed by atoms with Crippen molar-refractivity contribution in [1.82, 2.24) is 4.98 Å². The van der Waals surface area contributed by atoms with Gasteiger partial charge in [0.25, 0.3) is 0 Å². The molecule has 0 unspecified atom stereocenters. The van der Waals surface area contributed by atoms with Crippen LogP contribution in [0.15, 0.2) is 45.1 Å². The van der Waals surface area contributed by atoms with Crippen LogP contribution in [0.25, 0.3) is 0 Å². The number of pyridine rings is 1. The molecule has 0 radical (unpaired) electrons. The Kier molecular flexibility index (Phi) is 2.63. The van der Waals surface area contributed by atoms with Crippen LogP contribution in [0.5, 0.6) is 0 Å². The van der Waals surface area contributed by atoms with E-state index in [0.717, 1.165) is 32.0 Å². The largest absolute Gasteiger partial charge is 0.398 e. The number of nitrogens with two attached hydrogens (primary N) is 1. The summed E-state index contributed by atoms with van der Waals surface area (Å²) in [6.45, 7) is 1.97. The fourth-order valence-corrected chi connectivity index (χ4v) is 2.56. The summed E-state index contributed by atoms with van der Waals surface area (Å²) in [7, 11) is 0. The number of rotatable bonds is 1. The van der Waals surface area contributed by atoms with Gasteiger partial charge in [0.2, 0.25) is 0 Å². The van der Waals surface area contributed by atoms with Gasteiger partial charge in [-0.2, -0.15) is 0 Å². The average molecular weight is 303 g/mol. The number of aryl methyl sites for hydroxylation is 1. The molecule has 2 heterocycles. The lowest BCUT2D eigenvalue weighted by Crippen LogP contribution is -2.24. The molecule has 0 fully saturated rings. The van der Waals surface area contributed by atoms with Crippen molar-refractivity contribution < 1.29 is 0 Å². The summed E-state index contributed by atoms with van der Waals surface area (Å²) in [6.07, 6.45) is 3.31. The monoisotopic (exact) mass is 302 g/mol. The second-order valence-corrected chi connectivity index (χ2v) is 5.00. The maximum absolute atomic E-state index is 5.98. The molecule has 0 aliphatic carbocycles. The number of fused-ring (bicyclic) bond motifs is 1. The summed E-state index contributed by atoms with van der Waals surface area (Å²) in [4.78, 5) is 13.3. The zero-order chi connectivity index (χ0) is 12.7. The number of nitrogens with zero attached hydrogens (tertiary/aromatic N) is 3. The van der Waals surface area contributed by atoms with Crippen LogP contribution in [-0.4, -0.2) is 4.98 Å². The van der Waals surface area contributed by atoms with E-state index in [9.17, 15) is 0 Å². The van der Waals surface area contributed by atoms with Crippen LogP contribution in [0.4, 0.5) is 5.69 Å². The summed E-state index contributed by atoms with van der Waals surface area (Å²) in [6, 6.07) is 5.83. The number of halogens is 1. The van der Waals surface area contributed by atoms with Gasteiger partial charge in [-0.3, -0.25) is 15.0 Å². The highest BCUT2D eigenvalue weighted by molar-refractivity contribution is 9.10. The summed E-state index contributed by atoms with van der Waals surface area (Å²) >= 11 is 3.49. The number of hydrogen-bond acceptors (Lipinski definition) is 4. The van der Waals surface area contributed by atoms with E-state index < -0.39 is 0 Å². The van der Waals surface area contributed by atoms with E-state index in [1.54, 1.807) is 12.4 Å². The lowest BCUT2D eigenvalue weighted by Gasteiger charge is -2.02. The summed E-state index contributed by atoms with van der Waals surface area (Å²) < 4.78 is 0.827. The zero-order valence-corrected chi connectivity index (χ0v) is 11.3. The first-order chi connectivity index (χ1) is 8.66. The fraction of sp³-hybridized carbons (Fsp3) is 0.154. The number of aromatic nitrogens is 1. The van der Waals surface area contributed by atoms with Crippen LogP contribution in [-0.2, 0) is 0 Å². The molecule has 4 nitrogen and oxygen atoms in total. The fourth-order valence-electron chi connectivity index (χ4n) is 1.95. The third-order valence-corrected chi connectivity index (χ3v) is 3.76. The molecule has 1 atom stereocenters. The second kappa shape index (κ2) is 4.17. The number of nitrogen functional groups attached to an aromatic ring is 1. The minimum atomic E-state index is -0.216. The Bertz CT molecular complexity index is 725. The van der Waals surface area contributed by atoms with Crippen LogP contribution in [0.1, 0.15) is 17.3 Å². The number of hydrogen-bond donors (Lipinski definition) is 1. The maximum Gasteiger partial charge on any atom is 0.168 e. The number of benzene rings is 1. The molecule has 2 aromatic rings.